The number of anilines is 2. The summed E-state index contributed by atoms with van der Waals surface area (Å²) in [6, 6.07) is 21.9. The summed E-state index contributed by atoms with van der Waals surface area (Å²) >= 11 is 0. The number of rotatable bonds is 6. The number of hydrogen-bond donors (Lipinski definition) is 1. The third-order valence-corrected chi connectivity index (χ3v) is 5.92. The summed E-state index contributed by atoms with van der Waals surface area (Å²) in [4.78, 5) is 20.1. The summed E-state index contributed by atoms with van der Waals surface area (Å²) in [5, 5.41) is 0. The van der Waals surface area contributed by atoms with Gasteiger partial charge in [0, 0.05) is 40.3 Å². The van der Waals surface area contributed by atoms with Crippen molar-refractivity contribution in [1.29, 1.82) is 0 Å². The van der Waals surface area contributed by atoms with E-state index >= 15 is 0 Å². The van der Waals surface area contributed by atoms with Crippen LogP contribution in [0.2, 0.25) is 0 Å². The summed E-state index contributed by atoms with van der Waals surface area (Å²) in [5.41, 5.74) is 8.60. The monoisotopic (exact) mass is 417 g/mol. The van der Waals surface area contributed by atoms with E-state index in [1.165, 1.54) is 11.1 Å². The van der Waals surface area contributed by atoms with Crippen LogP contribution < -0.4 is 10.6 Å². The highest BCUT2D eigenvalue weighted by atomic mass is 15.3. The molecule has 0 bridgehead atoms. The molecule has 4 rings (SSSR count). The maximum Gasteiger partial charge on any atom is 0.229 e. The number of benzene rings is 2. The van der Waals surface area contributed by atoms with Crippen molar-refractivity contribution in [1.82, 2.24) is 24.8 Å². The largest absolute Gasteiger partial charge is 0.368 e. The Morgan fingerprint density at radius 1 is 0.774 bits per heavy atom. The minimum atomic E-state index is 0.0815. The number of hydrogen-bond acceptors (Lipinski definition) is 7. The smallest absolute Gasteiger partial charge is 0.229 e. The van der Waals surface area contributed by atoms with E-state index in [0.29, 0.717) is 5.95 Å². The third kappa shape index (κ3) is 4.84. The van der Waals surface area contributed by atoms with Crippen molar-refractivity contribution in [2.24, 2.45) is 0 Å². The fraction of sp³-hybridized carbons (Fsp3) is 0.375. The molecule has 7 nitrogen and oxygen atoms in total. The third-order valence-electron chi connectivity index (χ3n) is 5.92. The highest BCUT2D eigenvalue weighted by molar-refractivity contribution is 5.34. The molecule has 0 saturated carbocycles. The van der Waals surface area contributed by atoms with E-state index in [2.05, 4.69) is 92.3 Å². The normalized spacial score (nSPS) is 16.4. The Balaban J connectivity index is 1.50. The maximum absolute atomic E-state index is 5.94. The second-order valence-corrected chi connectivity index (χ2v) is 8.22. The predicted octanol–water partition coefficient (Wildman–Crippen LogP) is 2.99. The molecule has 162 valence electrons. The number of aromatic nitrogens is 3. The molecule has 31 heavy (non-hydrogen) atoms. The molecule has 0 amide bonds. The van der Waals surface area contributed by atoms with Crippen LogP contribution in [0, 0.1) is 0 Å². The van der Waals surface area contributed by atoms with Crippen molar-refractivity contribution in [3.05, 3.63) is 77.6 Å². The number of nitrogens with zero attached hydrogens (tertiary/aromatic N) is 6. The molecule has 3 aromatic rings. The van der Waals surface area contributed by atoms with Crippen molar-refractivity contribution in [3.63, 3.8) is 0 Å². The van der Waals surface area contributed by atoms with Gasteiger partial charge in [-0.25, -0.2) is 0 Å². The molecule has 0 spiro atoms. The zero-order valence-electron chi connectivity index (χ0n) is 18.5. The highest BCUT2D eigenvalue weighted by Gasteiger charge is 2.29. The summed E-state index contributed by atoms with van der Waals surface area (Å²) < 4.78 is 0. The first-order valence-electron chi connectivity index (χ1n) is 10.8. The van der Waals surface area contributed by atoms with Gasteiger partial charge in [0.25, 0.3) is 0 Å². The van der Waals surface area contributed by atoms with Gasteiger partial charge in [0.05, 0.1) is 12.1 Å². The van der Waals surface area contributed by atoms with E-state index in [1.807, 2.05) is 19.0 Å². The molecule has 1 atom stereocenters. The van der Waals surface area contributed by atoms with Gasteiger partial charge in [-0.3, -0.25) is 9.80 Å². The topological polar surface area (TPSA) is 74.4 Å². The molecule has 0 radical (unpaired) electrons. The van der Waals surface area contributed by atoms with Crippen LogP contribution in [0.25, 0.3) is 0 Å². The fourth-order valence-electron chi connectivity index (χ4n) is 4.22. The molecule has 7 heteroatoms. The molecule has 1 aliphatic heterocycles. The molecule has 2 N–H and O–H groups in total. The summed E-state index contributed by atoms with van der Waals surface area (Å²) in [6.07, 6.45) is 0. The van der Waals surface area contributed by atoms with Crippen molar-refractivity contribution >= 4 is 11.9 Å². The minimum Gasteiger partial charge on any atom is -0.368 e. The molecule has 1 unspecified atom stereocenters. The van der Waals surface area contributed by atoms with Crippen LogP contribution in [0.1, 0.15) is 36.0 Å². The number of nitrogen functional groups attached to an aromatic ring is 1. The second kappa shape index (κ2) is 9.41. The Bertz CT molecular complexity index is 930. The van der Waals surface area contributed by atoms with Gasteiger partial charge in [-0.1, -0.05) is 60.7 Å². The average molecular weight is 418 g/mol. The molecule has 1 aliphatic rings. The van der Waals surface area contributed by atoms with E-state index in [9.17, 15) is 0 Å². The Morgan fingerprint density at radius 3 is 1.81 bits per heavy atom. The second-order valence-electron chi connectivity index (χ2n) is 8.22. The molecule has 2 aromatic carbocycles. The molecule has 1 fully saturated rings. The van der Waals surface area contributed by atoms with Crippen LogP contribution in [0.15, 0.2) is 60.7 Å². The van der Waals surface area contributed by atoms with Gasteiger partial charge < -0.3 is 10.6 Å². The first-order valence-corrected chi connectivity index (χ1v) is 10.8. The zero-order valence-corrected chi connectivity index (χ0v) is 18.5. The van der Waals surface area contributed by atoms with Gasteiger partial charge in [0.1, 0.15) is 0 Å². The quantitative estimate of drug-likeness (QED) is 0.661. The van der Waals surface area contributed by atoms with Crippen LogP contribution >= 0.6 is 0 Å². The van der Waals surface area contributed by atoms with E-state index in [0.717, 1.165) is 32.0 Å². The average Bonchev–Trinajstić information content (AvgIpc) is 2.80. The lowest BCUT2D eigenvalue weighted by atomic mass is 9.96. The Morgan fingerprint density at radius 2 is 1.29 bits per heavy atom. The first-order chi connectivity index (χ1) is 15.0. The number of nitrogens with two attached hydrogens (primary N) is 1. The van der Waals surface area contributed by atoms with Crippen LogP contribution in [-0.4, -0.2) is 65.0 Å². The van der Waals surface area contributed by atoms with Crippen LogP contribution in [0.5, 0.6) is 0 Å². The maximum atomic E-state index is 5.94. The van der Waals surface area contributed by atoms with Gasteiger partial charge in [-0.2, -0.15) is 15.0 Å². The number of piperazine rings is 1. The molecule has 1 saturated heterocycles. The van der Waals surface area contributed by atoms with Crippen molar-refractivity contribution in [3.8, 4) is 0 Å². The Kier molecular flexibility index (Phi) is 6.44. The van der Waals surface area contributed by atoms with Gasteiger partial charge >= 0.3 is 0 Å². The lowest BCUT2D eigenvalue weighted by Crippen LogP contribution is -2.48. The van der Waals surface area contributed by atoms with Crippen molar-refractivity contribution in [2.45, 2.75) is 19.0 Å². The van der Waals surface area contributed by atoms with Crippen LogP contribution in [0.4, 0.5) is 11.9 Å². The van der Waals surface area contributed by atoms with Crippen molar-refractivity contribution < 1.29 is 0 Å². The summed E-state index contributed by atoms with van der Waals surface area (Å²) in [5.74, 6) is 1.60. The summed E-state index contributed by atoms with van der Waals surface area (Å²) in [6.45, 7) is 5.98. The van der Waals surface area contributed by atoms with E-state index in [4.69, 9.17) is 5.73 Å². The fourth-order valence-corrected chi connectivity index (χ4v) is 4.22. The van der Waals surface area contributed by atoms with Crippen LogP contribution in [0.3, 0.4) is 0 Å². The molecular weight excluding hydrogens is 386 g/mol. The SMILES string of the molecule is CC(c1nc(N)nc(N(C)C)n1)N1CCN(C(c2ccccc2)c2ccccc2)CC1. The standard InChI is InChI=1S/C24H31N7/c1-18(22-26-23(25)28-24(27-22)29(2)3)30-14-16-31(17-15-30)21(19-10-6-4-7-11-19)20-12-8-5-9-13-20/h4-13,18,21H,14-17H2,1-3H3,(H2,25,26,27,28). The molecule has 1 aromatic heterocycles. The Hall–Kier alpha value is -3.03. The van der Waals surface area contributed by atoms with E-state index in [-0.39, 0.29) is 18.0 Å². The molecular formula is C24H31N7. The zero-order chi connectivity index (χ0) is 21.8. The molecule has 0 aliphatic carbocycles. The van der Waals surface area contributed by atoms with E-state index < -0.39 is 0 Å². The molecule has 2 heterocycles. The highest BCUT2D eigenvalue weighted by Crippen LogP contribution is 2.30. The van der Waals surface area contributed by atoms with Crippen LogP contribution in [-0.2, 0) is 0 Å². The van der Waals surface area contributed by atoms with Gasteiger partial charge in [-0.15, -0.1) is 0 Å². The van der Waals surface area contributed by atoms with Gasteiger partial charge in [0.2, 0.25) is 11.9 Å². The Labute approximate surface area is 184 Å². The lowest BCUT2D eigenvalue weighted by molar-refractivity contribution is 0.0812. The predicted molar refractivity (Wildman–Crippen MR) is 125 cm³/mol. The first kappa shape index (κ1) is 21.2. The van der Waals surface area contributed by atoms with E-state index in [1.54, 1.807) is 0 Å². The van der Waals surface area contributed by atoms with Crippen molar-refractivity contribution in [2.75, 3.05) is 50.9 Å². The van der Waals surface area contributed by atoms with Gasteiger partial charge in [0.15, 0.2) is 5.82 Å². The lowest BCUT2D eigenvalue weighted by Gasteiger charge is -2.41. The minimum absolute atomic E-state index is 0.0815. The summed E-state index contributed by atoms with van der Waals surface area (Å²) in [7, 11) is 3.82. The van der Waals surface area contributed by atoms with Gasteiger partial charge in [-0.05, 0) is 18.1 Å².